The van der Waals surface area contributed by atoms with E-state index in [2.05, 4.69) is 34.6 Å². The largest absolute Gasteiger partial charge is 0.508 e. The number of hydrogen-bond acceptors (Lipinski definition) is 9. The lowest BCUT2D eigenvalue weighted by Crippen LogP contribution is -2.39. The van der Waals surface area contributed by atoms with Crippen LogP contribution in [0.5, 0.6) is 28.7 Å². The van der Waals surface area contributed by atoms with E-state index in [0.29, 0.717) is 49.4 Å². The van der Waals surface area contributed by atoms with E-state index in [1.165, 1.54) is 30.0 Å². The average molecular weight is 691 g/mol. The average Bonchev–Trinajstić information content (AvgIpc) is 3.62. The smallest absolute Gasteiger partial charge is 0.160 e. The number of hydrogen-bond donors (Lipinski definition) is 4. The van der Waals surface area contributed by atoms with Gasteiger partial charge in [-0.1, -0.05) is 43.5 Å². The first-order valence-electron chi connectivity index (χ1n) is 18.3. The molecule has 2 heterocycles. The number of aromatic hydroxyl groups is 2. The van der Waals surface area contributed by atoms with E-state index in [9.17, 15) is 15.3 Å². The fourth-order valence-electron chi connectivity index (χ4n) is 8.47. The Labute approximate surface area is 298 Å². The summed E-state index contributed by atoms with van der Waals surface area (Å²) >= 11 is 0. The molecule has 51 heavy (non-hydrogen) atoms. The van der Waals surface area contributed by atoms with Crippen molar-refractivity contribution >= 4 is 6.08 Å². The zero-order chi connectivity index (χ0) is 34.9. The molecule has 3 atom stereocenters. The van der Waals surface area contributed by atoms with Gasteiger partial charge in [0.25, 0.3) is 0 Å². The Kier molecular flexibility index (Phi) is 9.60. The molecule has 2 aliphatic heterocycles. The van der Waals surface area contributed by atoms with Crippen LogP contribution in [0.3, 0.4) is 0 Å². The molecule has 4 aromatic rings. The monoisotopic (exact) mass is 690 g/mol. The first kappa shape index (κ1) is 33.6. The lowest BCUT2D eigenvalue weighted by molar-refractivity contribution is -0.0479. The van der Waals surface area contributed by atoms with Gasteiger partial charge in [-0.25, -0.2) is 0 Å². The summed E-state index contributed by atoms with van der Waals surface area (Å²) in [4.78, 5) is 4.57. The number of rotatable bonds is 11. The number of ether oxygens (including phenoxy) is 4. The zero-order valence-corrected chi connectivity index (χ0v) is 29.1. The van der Waals surface area contributed by atoms with Gasteiger partial charge in [0, 0.05) is 29.7 Å². The topological polar surface area (TPSA) is 122 Å². The molecule has 4 N–H and O–H groups in total. The van der Waals surface area contributed by atoms with Crippen molar-refractivity contribution in [1.29, 1.82) is 0 Å². The third-order valence-corrected chi connectivity index (χ3v) is 11.0. The Balaban J connectivity index is 1.20. The summed E-state index contributed by atoms with van der Waals surface area (Å²) in [5.74, 6) is 2.10. The van der Waals surface area contributed by atoms with Crippen LogP contribution in [0.25, 0.3) is 17.2 Å². The fraction of sp³-hybridized carbons (Fsp3) is 0.405. The second-order valence-corrected chi connectivity index (χ2v) is 14.2. The first-order valence-corrected chi connectivity index (χ1v) is 18.3. The number of nitrogens with zero attached hydrogens (tertiary/aromatic N) is 1. The van der Waals surface area contributed by atoms with Gasteiger partial charge in [-0.2, -0.15) is 0 Å². The number of methoxy groups -OCH3 is 1. The van der Waals surface area contributed by atoms with Crippen molar-refractivity contribution in [3.8, 4) is 39.9 Å². The van der Waals surface area contributed by atoms with E-state index < -0.39 is 6.10 Å². The van der Waals surface area contributed by atoms with E-state index in [-0.39, 0.29) is 36.7 Å². The molecule has 0 radical (unpaired) electrons. The molecule has 0 amide bonds. The molecule has 4 aromatic carbocycles. The lowest BCUT2D eigenvalue weighted by Gasteiger charge is -2.38. The van der Waals surface area contributed by atoms with Crippen LogP contribution in [0, 0.1) is 0 Å². The van der Waals surface area contributed by atoms with Crippen LogP contribution < -0.4 is 30.1 Å². The Morgan fingerprint density at radius 2 is 1.80 bits per heavy atom. The predicted octanol–water partition coefficient (Wildman–Crippen LogP) is 5.38. The summed E-state index contributed by atoms with van der Waals surface area (Å²) in [5, 5.41) is 36.7. The Morgan fingerprint density at radius 3 is 2.65 bits per heavy atom. The number of benzene rings is 4. The SMILES string of the molecule is COc1cc([C@H]2Oc3cc(OCCO)c4c(c3C[C@H]2OCNC2CCCCC2)C[C@@H](Cc2ccc3c(c2)=CCN=3)c2cc(O)ccc2-4)ccc1O. The minimum absolute atomic E-state index is 0.0639. The summed E-state index contributed by atoms with van der Waals surface area (Å²) in [5.41, 5.74) is 7.34. The van der Waals surface area contributed by atoms with Gasteiger partial charge in [-0.3, -0.25) is 10.3 Å². The Bertz CT molecular complexity index is 2040. The second-order valence-electron chi connectivity index (χ2n) is 14.2. The minimum Gasteiger partial charge on any atom is -0.508 e. The third-order valence-electron chi connectivity index (χ3n) is 11.0. The maximum Gasteiger partial charge on any atom is 0.160 e. The molecule has 266 valence electrons. The van der Waals surface area contributed by atoms with Crippen LogP contribution in [0.2, 0.25) is 0 Å². The molecule has 0 aromatic heterocycles. The van der Waals surface area contributed by atoms with Crippen LogP contribution in [-0.4, -0.2) is 61.1 Å². The highest BCUT2D eigenvalue weighted by Gasteiger charge is 2.39. The summed E-state index contributed by atoms with van der Waals surface area (Å²) in [6.07, 6.45) is 9.54. The molecule has 1 fully saturated rings. The molecule has 0 saturated heterocycles. The molecule has 1 saturated carbocycles. The van der Waals surface area contributed by atoms with Gasteiger partial charge in [0.05, 0.1) is 32.3 Å². The molecule has 2 aliphatic carbocycles. The number of aliphatic hydroxyl groups excluding tert-OH is 1. The predicted molar refractivity (Wildman–Crippen MR) is 194 cm³/mol. The van der Waals surface area contributed by atoms with Crippen molar-refractivity contribution in [2.75, 3.05) is 33.6 Å². The highest BCUT2D eigenvalue weighted by molar-refractivity contribution is 5.83. The summed E-state index contributed by atoms with van der Waals surface area (Å²) < 4.78 is 25.4. The van der Waals surface area contributed by atoms with E-state index in [0.717, 1.165) is 58.0 Å². The molecule has 0 spiro atoms. The van der Waals surface area contributed by atoms with Crippen molar-refractivity contribution < 1.29 is 34.3 Å². The number of aliphatic hydroxyl groups is 1. The van der Waals surface area contributed by atoms with E-state index in [1.807, 2.05) is 30.3 Å². The highest BCUT2D eigenvalue weighted by atomic mass is 16.6. The summed E-state index contributed by atoms with van der Waals surface area (Å²) in [6.45, 7) is 1.13. The van der Waals surface area contributed by atoms with Gasteiger partial charge in [0.2, 0.25) is 0 Å². The molecular formula is C42H46N2O7. The molecule has 9 heteroatoms. The molecule has 0 unspecified atom stereocenters. The third kappa shape index (κ3) is 6.78. The summed E-state index contributed by atoms with van der Waals surface area (Å²) in [7, 11) is 1.54. The van der Waals surface area contributed by atoms with Crippen LogP contribution >= 0.6 is 0 Å². The molecular weight excluding hydrogens is 644 g/mol. The second kappa shape index (κ2) is 14.6. The quantitative estimate of drug-likeness (QED) is 0.155. The van der Waals surface area contributed by atoms with Crippen molar-refractivity contribution in [2.24, 2.45) is 4.99 Å². The van der Waals surface area contributed by atoms with Crippen LogP contribution in [0.4, 0.5) is 0 Å². The van der Waals surface area contributed by atoms with E-state index in [1.54, 1.807) is 19.2 Å². The molecule has 4 aliphatic rings. The summed E-state index contributed by atoms with van der Waals surface area (Å²) in [6, 6.07) is 19.8. The number of phenolic OH excluding ortho intramolecular Hbond substituents is 2. The standard InChI is InChI=1S/C42H46N2O7/c1-48-38-20-27(8-12-36(38)47)42-40(50-24-44-29-5-3-2-4-6-29)22-33-34-19-28(18-25-7-11-35-26(17-25)13-14-43-35)32-21-30(46)9-10-31(32)41(34)39(49-16-15-45)23-37(33)51-42/h7-13,17,20-21,23,28-29,40,42,44-47H,2-6,14-16,18-19,22,24H2,1H3/t28-,40-,42-/m1/s1. The van der Waals surface area contributed by atoms with Crippen molar-refractivity contribution in [2.45, 2.75) is 75.5 Å². The van der Waals surface area contributed by atoms with Gasteiger partial charge in [0.1, 0.15) is 30.0 Å². The Hall–Kier alpha value is -4.57. The van der Waals surface area contributed by atoms with Crippen LogP contribution in [0.15, 0.2) is 65.7 Å². The normalized spacial score (nSPS) is 20.5. The van der Waals surface area contributed by atoms with Crippen LogP contribution in [0.1, 0.15) is 71.9 Å². The first-order chi connectivity index (χ1) is 25.0. The maximum atomic E-state index is 10.7. The van der Waals surface area contributed by atoms with Gasteiger partial charge >= 0.3 is 0 Å². The van der Waals surface area contributed by atoms with Crippen molar-refractivity contribution in [1.82, 2.24) is 5.32 Å². The number of nitrogens with one attached hydrogen (secondary N) is 1. The van der Waals surface area contributed by atoms with E-state index in [4.69, 9.17) is 18.9 Å². The molecule has 8 rings (SSSR count). The fourth-order valence-corrected chi connectivity index (χ4v) is 8.47. The van der Waals surface area contributed by atoms with Crippen LogP contribution in [-0.2, 0) is 24.0 Å². The number of phenols is 2. The minimum atomic E-state index is -0.472. The van der Waals surface area contributed by atoms with Gasteiger partial charge in [-0.05, 0) is 101 Å². The van der Waals surface area contributed by atoms with Gasteiger partial charge in [0.15, 0.2) is 17.6 Å². The van der Waals surface area contributed by atoms with Gasteiger partial charge in [-0.15, -0.1) is 0 Å². The molecule has 9 nitrogen and oxygen atoms in total. The van der Waals surface area contributed by atoms with Gasteiger partial charge < -0.3 is 34.3 Å². The van der Waals surface area contributed by atoms with E-state index >= 15 is 0 Å². The zero-order valence-electron chi connectivity index (χ0n) is 29.1. The number of fused-ring (bicyclic) bond motifs is 6. The lowest BCUT2D eigenvalue weighted by atomic mass is 9.73. The Morgan fingerprint density at radius 1 is 0.922 bits per heavy atom. The van der Waals surface area contributed by atoms with Crippen molar-refractivity contribution in [3.05, 3.63) is 99.1 Å². The maximum absolute atomic E-state index is 10.7. The highest BCUT2D eigenvalue weighted by Crippen LogP contribution is 2.52. The van der Waals surface area contributed by atoms with Crippen molar-refractivity contribution in [3.63, 3.8) is 0 Å². The molecule has 0 bridgehead atoms.